The first-order valence-corrected chi connectivity index (χ1v) is 18.5. The number of fused-ring (bicyclic) bond motifs is 8. The van der Waals surface area contributed by atoms with Crippen LogP contribution in [0.4, 0.5) is 22.0 Å². The van der Waals surface area contributed by atoms with Crippen LogP contribution in [0.15, 0.2) is 97.1 Å². The zero-order chi connectivity index (χ0) is 43.6. The lowest BCUT2D eigenvalue weighted by Gasteiger charge is -2.10. The van der Waals surface area contributed by atoms with E-state index in [1.54, 1.807) is 36.4 Å². The Labute approximate surface area is 345 Å². The van der Waals surface area contributed by atoms with Crippen LogP contribution in [0.25, 0.3) is 90.9 Å². The molecule has 62 heavy (non-hydrogen) atoms. The third-order valence-corrected chi connectivity index (χ3v) is 10.5. The smallest absolute Gasteiger partial charge is 0.335 e. The van der Waals surface area contributed by atoms with E-state index in [4.69, 9.17) is 9.97 Å². The molecule has 0 radical (unpaired) electrons. The summed E-state index contributed by atoms with van der Waals surface area (Å²) in [6.45, 7) is 0. The van der Waals surface area contributed by atoms with Crippen LogP contribution in [0.3, 0.4) is 0 Å². The molecule has 0 saturated carbocycles. The number of halogens is 5. The Balaban J connectivity index is 1.47. The third-order valence-electron chi connectivity index (χ3n) is 10.5. The van der Waals surface area contributed by atoms with Crippen LogP contribution in [0.1, 0.15) is 53.8 Å². The van der Waals surface area contributed by atoms with Gasteiger partial charge in [0.15, 0.2) is 23.3 Å². The van der Waals surface area contributed by atoms with Crippen molar-refractivity contribution in [1.82, 2.24) is 19.9 Å². The van der Waals surface area contributed by atoms with E-state index in [1.165, 1.54) is 84.9 Å². The molecular formula is C47H25F5N4O6. The lowest BCUT2D eigenvalue weighted by molar-refractivity contribution is 0.0686. The topological polar surface area (TPSA) is 169 Å². The molecule has 9 rings (SSSR count). The van der Waals surface area contributed by atoms with Crippen molar-refractivity contribution >= 4 is 64.3 Å². The Bertz CT molecular complexity index is 3230. The minimum Gasteiger partial charge on any atom is -0.478 e. The van der Waals surface area contributed by atoms with E-state index in [9.17, 15) is 34.1 Å². The number of hydrogen-bond donors (Lipinski definition) is 5. The Hall–Kier alpha value is -8.46. The summed E-state index contributed by atoms with van der Waals surface area (Å²) in [6.07, 6.45) is 6.20. The number of carboxylic acid groups (broad SMARTS) is 3. The van der Waals surface area contributed by atoms with Crippen molar-refractivity contribution in [1.29, 1.82) is 0 Å². The van der Waals surface area contributed by atoms with E-state index in [0.29, 0.717) is 55.8 Å². The molecule has 2 aliphatic heterocycles. The summed E-state index contributed by atoms with van der Waals surface area (Å²) in [5, 5.41) is 28.9. The highest BCUT2D eigenvalue weighted by Crippen LogP contribution is 2.41. The van der Waals surface area contributed by atoms with Crippen molar-refractivity contribution in [2.24, 2.45) is 0 Å². The fourth-order valence-electron chi connectivity index (χ4n) is 7.54. The molecule has 0 fully saturated rings. The lowest BCUT2D eigenvalue weighted by atomic mass is 10.0. The van der Waals surface area contributed by atoms with Crippen LogP contribution in [0.5, 0.6) is 0 Å². The highest BCUT2D eigenvalue weighted by atomic mass is 19.2. The monoisotopic (exact) mass is 836 g/mol. The van der Waals surface area contributed by atoms with Gasteiger partial charge in [-0.1, -0.05) is 36.4 Å². The van der Waals surface area contributed by atoms with E-state index in [1.807, 2.05) is 0 Å². The highest BCUT2D eigenvalue weighted by Gasteiger charge is 2.30. The van der Waals surface area contributed by atoms with Gasteiger partial charge in [0, 0.05) is 44.3 Å². The predicted molar refractivity (Wildman–Crippen MR) is 221 cm³/mol. The summed E-state index contributed by atoms with van der Waals surface area (Å²) in [6, 6.07) is 24.0. The Morgan fingerprint density at radius 2 is 0.613 bits per heavy atom. The summed E-state index contributed by atoms with van der Waals surface area (Å²) in [4.78, 5) is 51.6. The SMILES string of the molecule is O=C(O)c1ccc(-c2c3nc(c(-c4ccc(C(=O)O)cc4)c4ccc([nH]4)c(-c4c(F)c(F)c(F)c(F)c4F)c4nc(c(-c5ccc(C(=O)O)cc5)c5ccc2[nH]5)C=C4)C=C3)cc1. The molecule has 15 heteroatoms. The Morgan fingerprint density at radius 1 is 0.355 bits per heavy atom. The van der Waals surface area contributed by atoms with Gasteiger partial charge in [0.05, 0.1) is 45.0 Å². The van der Waals surface area contributed by atoms with Gasteiger partial charge in [0.2, 0.25) is 5.82 Å². The van der Waals surface area contributed by atoms with Gasteiger partial charge in [-0.2, -0.15) is 0 Å². The molecule has 304 valence electrons. The van der Waals surface area contributed by atoms with Crippen LogP contribution < -0.4 is 0 Å². The average molecular weight is 837 g/mol. The molecule has 4 aromatic carbocycles. The molecule has 0 atom stereocenters. The number of carbonyl (C=O) groups is 3. The maximum atomic E-state index is 15.9. The molecule has 7 aromatic rings. The van der Waals surface area contributed by atoms with Crippen molar-refractivity contribution in [3.8, 4) is 44.5 Å². The minimum absolute atomic E-state index is 0.0251. The number of hydrogen-bond acceptors (Lipinski definition) is 5. The fourth-order valence-corrected chi connectivity index (χ4v) is 7.54. The second kappa shape index (κ2) is 15.0. The van der Waals surface area contributed by atoms with Crippen molar-refractivity contribution in [2.75, 3.05) is 0 Å². The zero-order valence-electron chi connectivity index (χ0n) is 31.4. The highest BCUT2D eigenvalue weighted by molar-refractivity contribution is 6.01. The van der Waals surface area contributed by atoms with Crippen molar-refractivity contribution < 1.29 is 51.7 Å². The summed E-state index contributed by atoms with van der Waals surface area (Å²) in [5.74, 6) is -14.4. The Kier molecular flexibility index (Phi) is 9.43. The first-order valence-electron chi connectivity index (χ1n) is 18.5. The predicted octanol–water partition coefficient (Wildman–Crippen LogP) is 11.1. The molecular weight excluding hydrogens is 812 g/mol. The van der Waals surface area contributed by atoms with Gasteiger partial charge in [-0.15, -0.1) is 0 Å². The number of nitrogens with zero attached hydrogens (tertiary/aromatic N) is 2. The molecule has 0 spiro atoms. The summed E-state index contributed by atoms with van der Waals surface area (Å²) < 4.78 is 76.2. The largest absolute Gasteiger partial charge is 0.478 e. The maximum absolute atomic E-state index is 15.9. The third kappa shape index (κ3) is 6.57. The molecule has 10 nitrogen and oxygen atoms in total. The molecule has 0 unspecified atom stereocenters. The molecule has 8 bridgehead atoms. The number of benzene rings is 4. The fraction of sp³-hybridized carbons (Fsp3) is 0. The summed E-state index contributed by atoms with van der Waals surface area (Å²) in [7, 11) is 0. The quantitative estimate of drug-likeness (QED) is 0.0600. The zero-order valence-corrected chi connectivity index (χ0v) is 31.4. The minimum atomic E-state index is -2.35. The second-order valence-corrected chi connectivity index (χ2v) is 14.1. The molecule has 5 heterocycles. The molecule has 0 aliphatic carbocycles. The van der Waals surface area contributed by atoms with Crippen molar-refractivity contribution in [3.63, 3.8) is 0 Å². The van der Waals surface area contributed by atoms with E-state index in [0.717, 1.165) is 0 Å². The number of H-pyrrole nitrogens is 2. The number of carboxylic acids is 3. The van der Waals surface area contributed by atoms with Crippen LogP contribution in [-0.2, 0) is 0 Å². The molecule has 2 aliphatic rings. The van der Waals surface area contributed by atoms with Gasteiger partial charge in [-0.05, 0) is 102 Å². The van der Waals surface area contributed by atoms with Gasteiger partial charge < -0.3 is 25.3 Å². The number of aromatic nitrogens is 4. The Morgan fingerprint density at radius 3 is 0.903 bits per heavy atom. The standard InChI is InChI=1S/C47H25F5N4O6/c48-40-39(41(49)43(51)44(52)42(40)50)38-33-19-17-31(55-33)36(22-3-9-25(10-4-22)46(59)60)29-15-13-27(53-29)35(21-1-7-24(8-2-21)45(57)58)28-14-16-30(54-28)37(32-18-20-34(38)56-32)23-5-11-26(12-6-23)47(61)62/h1-20,53,56H,(H,57,58)(H,59,60)(H,61,62). The number of aromatic amines is 2. The first kappa shape index (κ1) is 39.0. The van der Waals surface area contributed by atoms with Crippen molar-refractivity contribution in [3.05, 3.63) is 166 Å². The number of aromatic carboxylic acids is 3. The molecule has 3 aromatic heterocycles. The second-order valence-electron chi connectivity index (χ2n) is 14.1. The van der Waals surface area contributed by atoms with Crippen molar-refractivity contribution in [2.45, 2.75) is 0 Å². The lowest BCUT2D eigenvalue weighted by Crippen LogP contribution is -2.05. The molecule has 5 N–H and O–H groups in total. The van der Waals surface area contributed by atoms with Gasteiger partial charge in [-0.25, -0.2) is 46.3 Å². The molecule has 0 amide bonds. The van der Waals surface area contributed by atoms with Gasteiger partial charge in [0.25, 0.3) is 0 Å². The van der Waals surface area contributed by atoms with Crippen LogP contribution in [0, 0.1) is 29.1 Å². The normalized spacial score (nSPS) is 11.9. The number of rotatable bonds is 7. The van der Waals surface area contributed by atoms with Gasteiger partial charge in [-0.3, -0.25) is 0 Å². The van der Waals surface area contributed by atoms with E-state index in [-0.39, 0.29) is 39.1 Å². The first-order chi connectivity index (χ1) is 29.8. The molecule has 0 saturated heterocycles. The van der Waals surface area contributed by atoms with Crippen LogP contribution >= 0.6 is 0 Å². The summed E-state index contributed by atoms with van der Waals surface area (Å²) in [5.41, 5.74) is 2.56. The van der Waals surface area contributed by atoms with Gasteiger partial charge >= 0.3 is 17.9 Å². The van der Waals surface area contributed by atoms with Crippen LogP contribution in [0.2, 0.25) is 0 Å². The number of nitrogens with one attached hydrogen (secondary N) is 2. The van der Waals surface area contributed by atoms with Crippen LogP contribution in [-0.4, -0.2) is 53.2 Å². The average Bonchev–Trinajstić information content (AvgIpc) is 4.12. The van der Waals surface area contributed by atoms with E-state index >= 15 is 17.6 Å². The van der Waals surface area contributed by atoms with Gasteiger partial charge in [0.1, 0.15) is 0 Å². The van der Waals surface area contributed by atoms with E-state index < -0.39 is 58.1 Å². The summed E-state index contributed by atoms with van der Waals surface area (Å²) >= 11 is 0. The maximum Gasteiger partial charge on any atom is 0.335 e. The van der Waals surface area contributed by atoms with E-state index in [2.05, 4.69) is 9.97 Å².